The summed E-state index contributed by atoms with van der Waals surface area (Å²) in [7, 11) is 0. The summed E-state index contributed by atoms with van der Waals surface area (Å²) in [6.07, 6.45) is 1.04. The molecule has 0 amide bonds. The van der Waals surface area contributed by atoms with Crippen molar-refractivity contribution in [3.8, 4) is 0 Å². The Kier molecular flexibility index (Phi) is 3.59. The molecule has 1 heterocycles. The first kappa shape index (κ1) is 10.9. The molecule has 1 nitrogen and oxygen atoms in total. The molecule has 1 aromatic rings. The van der Waals surface area contributed by atoms with Gasteiger partial charge in [-0.05, 0) is 30.5 Å². The van der Waals surface area contributed by atoms with Crippen LogP contribution in [0.25, 0.3) is 0 Å². The van der Waals surface area contributed by atoms with Crippen molar-refractivity contribution in [3.63, 3.8) is 0 Å². The van der Waals surface area contributed by atoms with Crippen molar-refractivity contribution in [3.05, 3.63) is 29.8 Å². The summed E-state index contributed by atoms with van der Waals surface area (Å²) in [5.74, 6) is -1.94. The van der Waals surface area contributed by atoms with E-state index in [4.69, 9.17) is 0 Å². The minimum Gasteiger partial charge on any atom is -0.316 e. The molecule has 1 saturated heterocycles. The number of hydrogen-bond acceptors (Lipinski definition) is 2. The highest BCUT2D eigenvalue weighted by Crippen LogP contribution is 2.34. The van der Waals surface area contributed by atoms with Crippen molar-refractivity contribution in [2.45, 2.75) is 23.0 Å². The predicted molar refractivity (Wildman–Crippen MR) is 58.5 cm³/mol. The molecule has 1 aliphatic heterocycles. The van der Waals surface area contributed by atoms with Gasteiger partial charge in [-0.1, -0.05) is 30.0 Å². The smallest absolute Gasteiger partial charge is 0.288 e. The SMILES string of the molecule is FC(F)Sc1ccccc1C1CCNC1. The van der Waals surface area contributed by atoms with Crippen LogP contribution in [0.3, 0.4) is 0 Å². The van der Waals surface area contributed by atoms with Gasteiger partial charge in [0.25, 0.3) is 5.76 Å². The van der Waals surface area contributed by atoms with Crippen molar-refractivity contribution in [2.24, 2.45) is 0 Å². The first-order chi connectivity index (χ1) is 7.27. The fourth-order valence-corrected chi connectivity index (χ4v) is 2.66. The van der Waals surface area contributed by atoms with Crippen molar-refractivity contribution in [2.75, 3.05) is 13.1 Å². The van der Waals surface area contributed by atoms with E-state index in [0.29, 0.717) is 17.7 Å². The third kappa shape index (κ3) is 2.69. The lowest BCUT2D eigenvalue weighted by Gasteiger charge is -2.13. The molecule has 0 spiro atoms. The minimum absolute atomic E-state index is 0.396. The van der Waals surface area contributed by atoms with Crippen LogP contribution in [0.15, 0.2) is 29.2 Å². The molecule has 1 atom stereocenters. The number of halogens is 2. The molecule has 1 fully saturated rings. The summed E-state index contributed by atoms with van der Waals surface area (Å²) in [6, 6.07) is 7.48. The average Bonchev–Trinajstić information content (AvgIpc) is 2.70. The molecule has 1 aromatic carbocycles. The highest BCUT2D eigenvalue weighted by atomic mass is 32.2. The van der Waals surface area contributed by atoms with Gasteiger partial charge in [-0.15, -0.1) is 0 Å². The van der Waals surface area contributed by atoms with Crippen LogP contribution in [0, 0.1) is 0 Å². The molecule has 2 rings (SSSR count). The van der Waals surface area contributed by atoms with Gasteiger partial charge in [-0.3, -0.25) is 0 Å². The molecule has 0 saturated carbocycles. The lowest BCUT2D eigenvalue weighted by Crippen LogP contribution is -2.08. The molecule has 0 bridgehead atoms. The summed E-state index contributed by atoms with van der Waals surface area (Å²) < 4.78 is 24.7. The van der Waals surface area contributed by atoms with Crippen LogP contribution in [0.2, 0.25) is 0 Å². The zero-order valence-corrected chi connectivity index (χ0v) is 9.07. The monoisotopic (exact) mass is 229 g/mol. The van der Waals surface area contributed by atoms with E-state index in [2.05, 4.69) is 5.32 Å². The molecule has 15 heavy (non-hydrogen) atoms. The lowest BCUT2D eigenvalue weighted by molar-refractivity contribution is 0.252. The zero-order chi connectivity index (χ0) is 10.7. The van der Waals surface area contributed by atoms with Crippen LogP contribution in [0.1, 0.15) is 17.9 Å². The fourth-order valence-electron chi connectivity index (χ4n) is 1.94. The molecule has 1 N–H and O–H groups in total. The van der Waals surface area contributed by atoms with E-state index in [9.17, 15) is 8.78 Å². The van der Waals surface area contributed by atoms with Crippen LogP contribution in [0.4, 0.5) is 8.78 Å². The van der Waals surface area contributed by atoms with Gasteiger partial charge in [-0.25, -0.2) is 0 Å². The fraction of sp³-hybridized carbons (Fsp3) is 0.455. The molecule has 1 aliphatic rings. The van der Waals surface area contributed by atoms with Gasteiger partial charge >= 0.3 is 0 Å². The minimum atomic E-state index is -2.33. The van der Waals surface area contributed by atoms with E-state index < -0.39 is 5.76 Å². The van der Waals surface area contributed by atoms with E-state index in [0.717, 1.165) is 30.0 Å². The van der Waals surface area contributed by atoms with Crippen LogP contribution in [-0.4, -0.2) is 18.8 Å². The predicted octanol–water partition coefficient (Wildman–Crippen LogP) is 3.08. The van der Waals surface area contributed by atoms with Crippen molar-refractivity contribution in [1.29, 1.82) is 0 Å². The molecular weight excluding hydrogens is 216 g/mol. The average molecular weight is 229 g/mol. The maximum Gasteiger partial charge on any atom is 0.288 e. The van der Waals surface area contributed by atoms with Crippen LogP contribution in [0.5, 0.6) is 0 Å². The summed E-state index contributed by atoms with van der Waals surface area (Å²) in [6.45, 7) is 1.89. The van der Waals surface area contributed by atoms with Gasteiger partial charge in [0.1, 0.15) is 0 Å². The number of benzene rings is 1. The van der Waals surface area contributed by atoms with Crippen molar-refractivity contribution < 1.29 is 8.78 Å². The van der Waals surface area contributed by atoms with E-state index >= 15 is 0 Å². The Balaban J connectivity index is 2.20. The van der Waals surface area contributed by atoms with Gasteiger partial charge in [0, 0.05) is 11.4 Å². The third-order valence-electron chi connectivity index (χ3n) is 2.64. The molecule has 1 unspecified atom stereocenters. The topological polar surface area (TPSA) is 12.0 Å². The molecule has 4 heteroatoms. The van der Waals surface area contributed by atoms with Crippen molar-refractivity contribution in [1.82, 2.24) is 5.32 Å². The van der Waals surface area contributed by atoms with Gasteiger partial charge in [0.2, 0.25) is 0 Å². The Bertz CT molecular complexity index is 324. The molecular formula is C11H13F2NS. The number of thioether (sulfide) groups is 1. The Morgan fingerprint density at radius 2 is 2.13 bits per heavy atom. The number of nitrogens with one attached hydrogen (secondary N) is 1. The number of alkyl halides is 2. The first-order valence-corrected chi connectivity index (χ1v) is 5.90. The second-order valence-electron chi connectivity index (χ2n) is 3.61. The van der Waals surface area contributed by atoms with Gasteiger partial charge < -0.3 is 5.32 Å². The van der Waals surface area contributed by atoms with Gasteiger partial charge in [0.15, 0.2) is 0 Å². The molecule has 0 aliphatic carbocycles. The third-order valence-corrected chi connectivity index (χ3v) is 3.44. The molecule has 0 aromatic heterocycles. The van der Waals surface area contributed by atoms with E-state index in [1.165, 1.54) is 0 Å². The summed E-state index contributed by atoms with van der Waals surface area (Å²) >= 11 is 0.651. The van der Waals surface area contributed by atoms with E-state index in [-0.39, 0.29) is 0 Å². The van der Waals surface area contributed by atoms with E-state index in [1.807, 2.05) is 18.2 Å². The normalized spacial score (nSPS) is 21.1. The maximum absolute atomic E-state index is 12.3. The number of hydrogen-bond donors (Lipinski definition) is 1. The Morgan fingerprint density at radius 1 is 1.33 bits per heavy atom. The largest absolute Gasteiger partial charge is 0.316 e. The van der Waals surface area contributed by atoms with Gasteiger partial charge in [0.05, 0.1) is 0 Å². The Labute approximate surface area is 92.3 Å². The Morgan fingerprint density at radius 3 is 2.80 bits per heavy atom. The highest BCUT2D eigenvalue weighted by Gasteiger charge is 2.20. The molecule has 82 valence electrons. The highest BCUT2D eigenvalue weighted by molar-refractivity contribution is 7.99. The summed E-state index contributed by atoms with van der Waals surface area (Å²) in [4.78, 5) is 0.723. The second kappa shape index (κ2) is 4.94. The second-order valence-corrected chi connectivity index (χ2v) is 4.64. The zero-order valence-electron chi connectivity index (χ0n) is 8.25. The quantitative estimate of drug-likeness (QED) is 0.799. The maximum atomic E-state index is 12.3. The van der Waals surface area contributed by atoms with Crippen LogP contribution >= 0.6 is 11.8 Å². The van der Waals surface area contributed by atoms with Gasteiger partial charge in [-0.2, -0.15) is 8.78 Å². The van der Waals surface area contributed by atoms with Crippen molar-refractivity contribution >= 4 is 11.8 Å². The standard InChI is InChI=1S/C11H13F2NS/c12-11(13)15-10-4-2-1-3-9(10)8-5-6-14-7-8/h1-4,8,11,14H,5-7H2. The summed E-state index contributed by atoms with van der Waals surface area (Å²) in [5, 5.41) is 3.25. The Hall–Kier alpha value is -0.610. The lowest BCUT2D eigenvalue weighted by atomic mass is 9.99. The summed E-state index contributed by atoms with van der Waals surface area (Å²) in [5.41, 5.74) is 1.06. The van der Waals surface area contributed by atoms with E-state index in [1.54, 1.807) is 6.07 Å². The van der Waals surface area contributed by atoms with Crippen LogP contribution in [-0.2, 0) is 0 Å². The number of rotatable bonds is 3. The first-order valence-electron chi connectivity index (χ1n) is 5.02. The molecule has 0 radical (unpaired) electrons. The van der Waals surface area contributed by atoms with Crippen LogP contribution < -0.4 is 5.32 Å².